The molecule has 3 heterocycles. The molecule has 0 fully saturated rings. The third-order valence-electron chi connectivity index (χ3n) is 5.09. The van der Waals surface area contributed by atoms with Crippen LogP contribution in [0.1, 0.15) is 24.9 Å². The predicted octanol–water partition coefficient (Wildman–Crippen LogP) is 4.59. The van der Waals surface area contributed by atoms with Gasteiger partial charge in [0, 0.05) is 11.7 Å². The number of anilines is 2. The van der Waals surface area contributed by atoms with E-state index in [1.165, 1.54) is 23.0 Å². The molecular formula is C23H19FN6O. The topological polar surface area (TPSA) is 89.7 Å². The molecule has 1 atom stereocenters. The summed E-state index contributed by atoms with van der Waals surface area (Å²) < 4.78 is 15.2. The fraction of sp³-hybridized carbons (Fsp3) is 0.130. The lowest BCUT2D eigenvalue weighted by Crippen LogP contribution is -2.22. The largest absolute Gasteiger partial charge is 0.392 e. The van der Waals surface area contributed by atoms with E-state index in [-0.39, 0.29) is 23.1 Å². The summed E-state index contributed by atoms with van der Waals surface area (Å²) in [5.74, 6) is -0.114. The van der Waals surface area contributed by atoms with Gasteiger partial charge in [-0.15, -0.1) is 0 Å². The minimum Gasteiger partial charge on any atom is -0.392 e. The molecule has 0 aliphatic heterocycles. The standard InChI is InChI=1S/C23H19FN6O/c1-3-18(29-22-20(26-2)21(25)27-13-28-22)17-11-16-10-9-15(24)12-30(16)23(31)19(17)14-7-5-4-6-8-14/h4-13,18H,3H2,1H3,(H3,25,27,28,29)/t18-/m0/s1. The first-order valence-electron chi connectivity index (χ1n) is 9.68. The molecule has 0 aliphatic rings. The van der Waals surface area contributed by atoms with E-state index in [1.807, 2.05) is 43.3 Å². The summed E-state index contributed by atoms with van der Waals surface area (Å²) in [6.45, 7) is 9.37. The third kappa shape index (κ3) is 3.69. The number of nitrogen functional groups attached to an aromatic ring is 1. The van der Waals surface area contributed by atoms with Crippen LogP contribution in [0, 0.1) is 12.4 Å². The summed E-state index contributed by atoms with van der Waals surface area (Å²) >= 11 is 0. The van der Waals surface area contributed by atoms with Gasteiger partial charge in [-0.05, 0) is 35.7 Å². The van der Waals surface area contributed by atoms with E-state index >= 15 is 0 Å². The highest BCUT2D eigenvalue weighted by atomic mass is 19.1. The summed E-state index contributed by atoms with van der Waals surface area (Å²) in [7, 11) is 0. The van der Waals surface area contributed by atoms with E-state index in [4.69, 9.17) is 12.3 Å². The molecule has 0 saturated heterocycles. The van der Waals surface area contributed by atoms with Crippen LogP contribution in [0.15, 0.2) is 65.8 Å². The van der Waals surface area contributed by atoms with Crippen LogP contribution in [0.2, 0.25) is 0 Å². The number of benzene rings is 1. The second-order valence-corrected chi connectivity index (χ2v) is 6.96. The Bertz CT molecular complexity index is 1360. The van der Waals surface area contributed by atoms with Gasteiger partial charge in [0.15, 0.2) is 0 Å². The maximum atomic E-state index is 13.9. The molecule has 0 saturated carbocycles. The summed E-state index contributed by atoms with van der Waals surface area (Å²) in [4.78, 5) is 24.9. The lowest BCUT2D eigenvalue weighted by molar-refractivity contribution is 0.618. The highest BCUT2D eigenvalue weighted by Crippen LogP contribution is 2.34. The summed E-state index contributed by atoms with van der Waals surface area (Å²) in [5.41, 5.74) is 8.08. The monoisotopic (exact) mass is 414 g/mol. The van der Waals surface area contributed by atoms with Crippen LogP contribution < -0.4 is 16.6 Å². The normalized spacial score (nSPS) is 11.8. The molecule has 0 radical (unpaired) electrons. The Morgan fingerprint density at radius 1 is 1.23 bits per heavy atom. The number of nitrogens with two attached hydrogens (primary N) is 1. The van der Waals surface area contributed by atoms with E-state index in [9.17, 15) is 9.18 Å². The van der Waals surface area contributed by atoms with Gasteiger partial charge in [-0.1, -0.05) is 37.3 Å². The van der Waals surface area contributed by atoms with Crippen molar-refractivity contribution in [1.82, 2.24) is 14.4 Å². The average Bonchev–Trinajstić information content (AvgIpc) is 2.78. The second-order valence-electron chi connectivity index (χ2n) is 6.96. The summed E-state index contributed by atoms with van der Waals surface area (Å²) in [6.07, 6.45) is 3.07. The number of aromatic nitrogens is 3. The SMILES string of the molecule is [C-]#[N+]c1c(N)ncnc1N[C@@H](CC)c1cc2ccc(F)cn2c(=O)c1-c1ccccc1. The Morgan fingerprint density at radius 2 is 2.00 bits per heavy atom. The van der Waals surface area contributed by atoms with E-state index in [0.717, 1.165) is 5.56 Å². The van der Waals surface area contributed by atoms with E-state index in [0.29, 0.717) is 28.9 Å². The second kappa shape index (κ2) is 8.24. The van der Waals surface area contributed by atoms with Crippen LogP contribution >= 0.6 is 0 Å². The van der Waals surface area contributed by atoms with Gasteiger partial charge in [-0.3, -0.25) is 9.20 Å². The molecule has 7 nitrogen and oxygen atoms in total. The van der Waals surface area contributed by atoms with Crippen molar-refractivity contribution in [2.24, 2.45) is 0 Å². The van der Waals surface area contributed by atoms with Crippen molar-refractivity contribution in [2.75, 3.05) is 11.1 Å². The van der Waals surface area contributed by atoms with Crippen molar-refractivity contribution < 1.29 is 4.39 Å². The lowest BCUT2D eigenvalue weighted by atomic mass is 9.94. The number of rotatable bonds is 5. The summed E-state index contributed by atoms with van der Waals surface area (Å²) in [5, 5.41) is 3.25. The van der Waals surface area contributed by atoms with Crippen LogP contribution in [-0.4, -0.2) is 14.4 Å². The molecule has 8 heteroatoms. The Balaban J connectivity index is 1.95. The number of halogens is 1. The molecule has 0 amide bonds. The van der Waals surface area contributed by atoms with Crippen LogP contribution in [0.5, 0.6) is 0 Å². The van der Waals surface area contributed by atoms with E-state index in [1.54, 1.807) is 6.07 Å². The zero-order valence-corrected chi connectivity index (χ0v) is 16.7. The average molecular weight is 414 g/mol. The fourth-order valence-electron chi connectivity index (χ4n) is 3.60. The predicted molar refractivity (Wildman–Crippen MR) is 118 cm³/mol. The van der Waals surface area contributed by atoms with Crippen molar-refractivity contribution in [3.05, 3.63) is 94.2 Å². The lowest BCUT2D eigenvalue weighted by Gasteiger charge is -2.22. The van der Waals surface area contributed by atoms with Gasteiger partial charge in [-0.2, -0.15) is 0 Å². The van der Waals surface area contributed by atoms with Crippen LogP contribution in [0.25, 0.3) is 21.5 Å². The maximum Gasteiger partial charge on any atom is 0.268 e. The van der Waals surface area contributed by atoms with Crippen LogP contribution in [0.3, 0.4) is 0 Å². The molecule has 3 aromatic heterocycles. The van der Waals surface area contributed by atoms with E-state index in [2.05, 4.69) is 20.1 Å². The first-order valence-corrected chi connectivity index (χ1v) is 9.68. The number of pyridine rings is 2. The first-order chi connectivity index (χ1) is 15.0. The number of fused-ring (bicyclic) bond motifs is 1. The maximum absolute atomic E-state index is 13.9. The molecule has 1 aromatic carbocycles. The van der Waals surface area contributed by atoms with Crippen molar-refractivity contribution >= 4 is 22.8 Å². The van der Waals surface area contributed by atoms with E-state index < -0.39 is 5.82 Å². The van der Waals surface area contributed by atoms with Gasteiger partial charge in [0.25, 0.3) is 11.2 Å². The van der Waals surface area contributed by atoms with Gasteiger partial charge in [0.2, 0.25) is 0 Å². The highest BCUT2D eigenvalue weighted by molar-refractivity contribution is 5.77. The fourth-order valence-corrected chi connectivity index (χ4v) is 3.60. The Labute approximate surface area is 177 Å². The minimum absolute atomic E-state index is 0.0830. The van der Waals surface area contributed by atoms with Crippen molar-refractivity contribution in [3.8, 4) is 11.1 Å². The molecule has 3 N–H and O–H groups in total. The van der Waals surface area contributed by atoms with Crippen LogP contribution in [0.4, 0.5) is 21.7 Å². The van der Waals surface area contributed by atoms with Gasteiger partial charge in [0.05, 0.1) is 18.2 Å². The molecular weight excluding hydrogens is 395 g/mol. The smallest absolute Gasteiger partial charge is 0.268 e. The number of hydrogen-bond acceptors (Lipinski definition) is 5. The number of hydrogen-bond donors (Lipinski definition) is 2. The molecule has 4 aromatic rings. The summed E-state index contributed by atoms with van der Waals surface area (Å²) in [6, 6.07) is 13.6. The van der Waals surface area contributed by atoms with Gasteiger partial charge >= 0.3 is 0 Å². The van der Waals surface area contributed by atoms with Gasteiger partial charge in [0.1, 0.15) is 23.8 Å². The van der Waals surface area contributed by atoms with Crippen molar-refractivity contribution in [1.29, 1.82) is 0 Å². The Morgan fingerprint density at radius 3 is 2.71 bits per heavy atom. The molecule has 0 unspecified atom stereocenters. The number of nitrogens with zero attached hydrogens (tertiary/aromatic N) is 4. The Hall–Kier alpha value is -4.25. The molecule has 4 rings (SSSR count). The third-order valence-corrected chi connectivity index (χ3v) is 5.09. The zero-order chi connectivity index (χ0) is 22.0. The van der Waals surface area contributed by atoms with Crippen molar-refractivity contribution in [2.45, 2.75) is 19.4 Å². The number of nitrogens with one attached hydrogen (secondary N) is 1. The zero-order valence-electron chi connectivity index (χ0n) is 16.7. The van der Waals surface area contributed by atoms with Crippen LogP contribution in [-0.2, 0) is 0 Å². The molecule has 0 spiro atoms. The quantitative estimate of drug-likeness (QED) is 0.466. The minimum atomic E-state index is -0.496. The molecule has 0 bridgehead atoms. The molecule has 0 aliphatic carbocycles. The molecule has 31 heavy (non-hydrogen) atoms. The van der Waals surface area contributed by atoms with Gasteiger partial charge in [-0.25, -0.2) is 19.2 Å². The van der Waals surface area contributed by atoms with Crippen molar-refractivity contribution in [3.63, 3.8) is 0 Å². The Kier molecular flexibility index (Phi) is 5.33. The van der Waals surface area contributed by atoms with Gasteiger partial charge < -0.3 is 11.1 Å². The first kappa shape index (κ1) is 20.0. The highest BCUT2D eigenvalue weighted by Gasteiger charge is 2.22. The molecule has 154 valence electrons.